The maximum Gasteiger partial charge on any atom is 4.00 e. The number of hydrogen-bond acceptors (Lipinski definition) is 0. The van der Waals surface area contributed by atoms with E-state index < -0.39 is 0 Å². The summed E-state index contributed by atoms with van der Waals surface area (Å²) in [7, 11) is 0. The van der Waals surface area contributed by atoms with Gasteiger partial charge < -0.3 is 24.8 Å². The molecular weight excluding hydrogens is 450 g/mol. The molecule has 2 aliphatic carbocycles. The van der Waals surface area contributed by atoms with E-state index in [2.05, 4.69) is 78.9 Å². The topological polar surface area (TPSA) is 0 Å². The van der Waals surface area contributed by atoms with E-state index in [4.69, 9.17) is 0 Å². The second kappa shape index (κ2) is 11.4. The van der Waals surface area contributed by atoms with Gasteiger partial charge in [0.25, 0.3) is 0 Å². The van der Waals surface area contributed by atoms with E-state index >= 15 is 0 Å². The summed E-state index contributed by atoms with van der Waals surface area (Å²) < 4.78 is 0. The maximum atomic E-state index is 3.59. The molecule has 0 aromatic heterocycles. The van der Waals surface area contributed by atoms with Crippen molar-refractivity contribution in [1.82, 2.24) is 0 Å². The van der Waals surface area contributed by atoms with Gasteiger partial charge in [-0.05, 0) is 12.0 Å². The van der Waals surface area contributed by atoms with Gasteiger partial charge in [-0.15, -0.1) is 35.7 Å². The summed E-state index contributed by atoms with van der Waals surface area (Å²) in [5, 5.41) is 0. The van der Waals surface area contributed by atoms with Crippen LogP contribution in [0.5, 0.6) is 0 Å². The maximum absolute atomic E-state index is 3.59. The molecule has 132 valence electrons. The van der Waals surface area contributed by atoms with E-state index in [0.29, 0.717) is 0 Å². The Bertz CT molecular complexity index is 905. The van der Waals surface area contributed by atoms with Crippen LogP contribution >= 0.6 is 0 Å². The molecule has 0 fully saturated rings. The number of fused-ring (bicyclic) bond motifs is 3. The smallest absolute Gasteiger partial charge is 1.00 e. The van der Waals surface area contributed by atoms with Gasteiger partial charge in [-0.1, -0.05) is 71.3 Å². The minimum Gasteiger partial charge on any atom is -1.00 e. The molecule has 0 unspecified atom stereocenters. The van der Waals surface area contributed by atoms with E-state index in [1.807, 2.05) is 18.2 Å². The molecule has 3 aromatic carbocycles. The summed E-state index contributed by atoms with van der Waals surface area (Å²) >= 11 is 0. The van der Waals surface area contributed by atoms with E-state index in [9.17, 15) is 0 Å². The zero-order chi connectivity index (χ0) is 16.2. The first-order valence-corrected chi connectivity index (χ1v) is 8.32. The summed E-state index contributed by atoms with van der Waals surface area (Å²) in [6.45, 7) is 0. The van der Waals surface area contributed by atoms with E-state index in [1.165, 1.54) is 33.4 Å². The van der Waals surface area contributed by atoms with Gasteiger partial charge in [0.05, 0.1) is 0 Å². The van der Waals surface area contributed by atoms with Crippen molar-refractivity contribution in [3.05, 3.63) is 108 Å². The molecule has 0 atom stereocenters. The molecular formula is C24H18Cl2Zr. The van der Waals surface area contributed by atoms with Gasteiger partial charge in [-0.3, -0.25) is 6.08 Å². The summed E-state index contributed by atoms with van der Waals surface area (Å²) in [6, 6.07) is 27.1. The Kier molecular flexibility index (Phi) is 10.0. The van der Waals surface area contributed by atoms with Crippen LogP contribution in [0.3, 0.4) is 0 Å². The number of benzene rings is 3. The van der Waals surface area contributed by atoms with Crippen LogP contribution in [0.25, 0.3) is 22.3 Å². The van der Waals surface area contributed by atoms with Crippen LogP contribution in [0.15, 0.2) is 85.0 Å². The molecule has 0 spiro atoms. The van der Waals surface area contributed by atoms with Crippen molar-refractivity contribution >= 4 is 0 Å². The third-order valence-electron chi connectivity index (χ3n) is 4.37. The summed E-state index contributed by atoms with van der Waals surface area (Å²) in [4.78, 5) is 0. The van der Waals surface area contributed by atoms with Crippen LogP contribution < -0.4 is 24.8 Å². The van der Waals surface area contributed by atoms with Gasteiger partial charge in [-0.2, -0.15) is 6.08 Å². The number of hydrogen-bond donors (Lipinski definition) is 0. The first kappa shape index (κ1) is 23.6. The van der Waals surface area contributed by atoms with Gasteiger partial charge in [0.15, 0.2) is 0 Å². The van der Waals surface area contributed by atoms with Crippen molar-refractivity contribution in [1.29, 1.82) is 0 Å². The van der Waals surface area contributed by atoms with Crippen molar-refractivity contribution in [3.63, 3.8) is 0 Å². The Morgan fingerprint density at radius 2 is 1.48 bits per heavy atom. The third-order valence-corrected chi connectivity index (χ3v) is 4.37. The second-order valence-corrected chi connectivity index (χ2v) is 5.97. The Morgan fingerprint density at radius 3 is 2.15 bits per heavy atom. The zero-order valence-electron chi connectivity index (χ0n) is 14.8. The van der Waals surface area contributed by atoms with Crippen molar-refractivity contribution < 1.29 is 51.0 Å². The molecule has 0 radical (unpaired) electrons. The minimum atomic E-state index is 0. The molecule has 0 bridgehead atoms. The number of halogens is 2. The Hall–Kier alpha value is -1.40. The predicted octanol–water partition coefficient (Wildman–Crippen LogP) is 0.0362. The molecule has 0 heterocycles. The molecule has 3 aromatic rings. The molecule has 2 aliphatic rings. The zero-order valence-corrected chi connectivity index (χ0v) is 18.7. The van der Waals surface area contributed by atoms with E-state index in [-0.39, 0.29) is 51.0 Å². The van der Waals surface area contributed by atoms with E-state index in [1.54, 1.807) is 0 Å². The van der Waals surface area contributed by atoms with Crippen LogP contribution in [0, 0.1) is 12.1 Å². The van der Waals surface area contributed by atoms with Gasteiger partial charge in [-0.25, -0.2) is 12.2 Å². The molecule has 3 heteroatoms. The number of allylic oxidation sites excluding steroid dienone is 4. The molecule has 5 rings (SSSR count). The van der Waals surface area contributed by atoms with Crippen LogP contribution in [-0.2, 0) is 32.6 Å². The minimum absolute atomic E-state index is 0. The molecule has 0 amide bonds. The second-order valence-electron chi connectivity index (χ2n) is 5.97. The van der Waals surface area contributed by atoms with E-state index in [0.717, 1.165) is 12.8 Å². The van der Waals surface area contributed by atoms with Crippen molar-refractivity contribution in [2.45, 2.75) is 12.8 Å². The van der Waals surface area contributed by atoms with Gasteiger partial charge >= 0.3 is 26.2 Å². The quantitative estimate of drug-likeness (QED) is 0.346. The van der Waals surface area contributed by atoms with Crippen molar-refractivity contribution in [2.24, 2.45) is 0 Å². The number of rotatable bonds is 1. The Balaban J connectivity index is 0.000000402. The summed E-state index contributed by atoms with van der Waals surface area (Å²) in [6.07, 6.45) is 11.0. The fourth-order valence-electron chi connectivity index (χ4n) is 3.18. The average Bonchev–Trinajstić information content (AvgIpc) is 3.33. The first-order chi connectivity index (χ1) is 11.9. The normalized spacial score (nSPS) is 11.7. The Labute approximate surface area is 193 Å². The van der Waals surface area contributed by atoms with Gasteiger partial charge in [0.1, 0.15) is 0 Å². The molecule has 0 saturated heterocycles. The molecule has 27 heavy (non-hydrogen) atoms. The van der Waals surface area contributed by atoms with Crippen molar-refractivity contribution in [2.75, 3.05) is 0 Å². The first-order valence-electron chi connectivity index (χ1n) is 8.32. The standard InChI is InChI=1S/C19H13.C5H5.2ClH.Zr/c1-2-6-14(7-3-1)15-10-11-19-17(12-15)13-16-8-4-5-9-18(16)19;1-2-4-5-3-1;;;/h1-11H,13H2;1-3H,4H2;2*1H;/q2*-1;;;+4/p-2. The molecule has 0 N–H and O–H groups in total. The molecule has 0 nitrogen and oxygen atoms in total. The monoisotopic (exact) mass is 466 g/mol. The van der Waals surface area contributed by atoms with Crippen LogP contribution in [0.1, 0.15) is 17.5 Å². The van der Waals surface area contributed by atoms with Crippen LogP contribution in [0.2, 0.25) is 0 Å². The summed E-state index contributed by atoms with van der Waals surface area (Å²) in [5.41, 5.74) is 7.87. The van der Waals surface area contributed by atoms with Gasteiger partial charge in [0, 0.05) is 0 Å². The fourth-order valence-corrected chi connectivity index (χ4v) is 3.18. The average molecular weight is 469 g/mol. The Morgan fingerprint density at radius 1 is 0.741 bits per heavy atom. The summed E-state index contributed by atoms with van der Waals surface area (Å²) in [5.74, 6) is 0. The largest absolute Gasteiger partial charge is 4.00 e. The van der Waals surface area contributed by atoms with Gasteiger partial charge in [0.2, 0.25) is 0 Å². The molecule has 0 saturated carbocycles. The molecule has 0 aliphatic heterocycles. The van der Waals surface area contributed by atoms with Crippen LogP contribution in [0.4, 0.5) is 0 Å². The van der Waals surface area contributed by atoms with Crippen LogP contribution in [-0.4, -0.2) is 0 Å². The van der Waals surface area contributed by atoms with Crippen molar-refractivity contribution in [3.8, 4) is 22.3 Å². The SMILES string of the molecule is [C-]1=CC=CC1.[Cl-].[Cl-].[Zr+4].[c-]1c(-c2ccccc2)ccc2c1Cc1ccccc1-2. The fraction of sp³-hybridized carbons (Fsp3) is 0.0833. The predicted molar refractivity (Wildman–Crippen MR) is 101 cm³/mol. The third kappa shape index (κ3) is 5.55.